The highest BCUT2D eigenvalue weighted by Gasteiger charge is 2.31. The van der Waals surface area contributed by atoms with Gasteiger partial charge in [0.1, 0.15) is 5.75 Å². The number of piperidine rings is 1. The molecule has 21 heavy (non-hydrogen) atoms. The lowest BCUT2D eigenvalue weighted by Gasteiger charge is -2.22. The summed E-state index contributed by atoms with van der Waals surface area (Å²) in [5.74, 6) is -0.530. The van der Waals surface area contributed by atoms with E-state index in [2.05, 4.69) is 10.6 Å². The number of aromatic hydroxyl groups is 1. The molecule has 0 aliphatic carbocycles. The van der Waals surface area contributed by atoms with Gasteiger partial charge >= 0.3 is 6.18 Å². The van der Waals surface area contributed by atoms with Crippen LogP contribution in [-0.4, -0.2) is 24.1 Å². The highest BCUT2D eigenvalue weighted by molar-refractivity contribution is 5.92. The Kier molecular flexibility index (Phi) is 4.72. The van der Waals surface area contributed by atoms with Gasteiger partial charge < -0.3 is 15.7 Å². The topological polar surface area (TPSA) is 61.4 Å². The summed E-state index contributed by atoms with van der Waals surface area (Å²) in [6.07, 6.45) is -2.54. The van der Waals surface area contributed by atoms with Gasteiger partial charge in [0.2, 0.25) is 5.91 Å². The van der Waals surface area contributed by atoms with Crippen molar-refractivity contribution >= 4 is 11.6 Å². The fourth-order valence-electron chi connectivity index (χ4n) is 2.36. The largest absolute Gasteiger partial charge is 0.506 e. The van der Waals surface area contributed by atoms with Gasteiger partial charge in [-0.05, 0) is 50.0 Å². The number of phenolic OH excluding ortho intramolecular Hbond substituents is 1. The minimum Gasteiger partial charge on any atom is -0.506 e. The van der Waals surface area contributed by atoms with Crippen LogP contribution in [-0.2, 0) is 11.0 Å². The Morgan fingerprint density at radius 3 is 2.62 bits per heavy atom. The van der Waals surface area contributed by atoms with E-state index in [-0.39, 0.29) is 29.7 Å². The third-order valence-electron chi connectivity index (χ3n) is 3.53. The van der Waals surface area contributed by atoms with Crippen molar-refractivity contribution in [3.63, 3.8) is 0 Å². The first-order valence-electron chi connectivity index (χ1n) is 6.77. The molecule has 1 heterocycles. The summed E-state index contributed by atoms with van der Waals surface area (Å²) in [6, 6.07) is 2.45. The van der Waals surface area contributed by atoms with Crippen LogP contribution in [0.1, 0.15) is 24.8 Å². The molecule has 0 bridgehead atoms. The quantitative estimate of drug-likeness (QED) is 0.752. The van der Waals surface area contributed by atoms with Crippen LogP contribution in [0, 0.1) is 5.92 Å². The molecule has 1 saturated heterocycles. The van der Waals surface area contributed by atoms with Gasteiger partial charge in [-0.25, -0.2) is 0 Å². The van der Waals surface area contributed by atoms with E-state index in [9.17, 15) is 23.1 Å². The molecule has 0 radical (unpaired) electrons. The van der Waals surface area contributed by atoms with Crippen molar-refractivity contribution in [2.45, 2.75) is 25.4 Å². The number of halogens is 3. The first-order valence-corrected chi connectivity index (χ1v) is 6.77. The molecule has 1 aromatic rings. The lowest BCUT2D eigenvalue weighted by atomic mass is 9.94. The molecule has 4 nitrogen and oxygen atoms in total. The summed E-state index contributed by atoms with van der Waals surface area (Å²) in [5, 5.41) is 15.1. The number of nitrogens with one attached hydrogen (secondary N) is 2. The molecule has 116 valence electrons. The molecule has 7 heteroatoms. The lowest BCUT2D eigenvalue weighted by Crippen LogP contribution is -2.30. The molecule has 1 aliphatic heterocycles. The van der Waals surface area contributed by atoms with Crippen LogP contribution in [0.25, 0.3) is 0 Å². The predicted octanol–water partition coefficient (Wildman–Crippen LogP) is 2.74. The fraction of sp³-hybridized carbons (Fsp3) is 0.500. The van der Waals surface area contributed by atoms with Gasteiger partial charge in [0.05, 0.1) is 11.3 Å². The Morgan fingerprint density at radius 1 is 1.33 bits per heavy atom. The number of amides is 1. The molecule has 1 amide bonds. The summed E-state index contributed by atoms with van der Waals surface area (Å²) in [4.78, 5) is 11.9. The van der Waals surface area contributed by atoms with Gasteiger partial charge in [-0.1, -0.05) is 0 Å². The van der Waals surface area contributed by atoms with Crippen LogP contribution >= 0.6 is 0 Å². The molecule has 0 aromatic heterocycles. The van der Waals surface area contributed by atoms with Crippen molar-refractivity contribution in [1.29, 1.82) is 0 Å². The van der Waals surface area contributed by atoms with E-state index in [0.717, 1.165) is 44.1 Å². The highest BCUT2D eigenvalue weighted by atomic mass is 19.4. The molecule has 3 N–H and O–H groups in total. The fourth-order valence-corrected chi connectivity index (χ4v) is 2.36. The van der Waals surface area contributed by atoms with Crippen molar-refractivity contribution in [3.05, 3.63) is 23.8 Å². The maximum atomic E-state index is 12.6. The maximum Gasteiger partial charge on any atom is 0.416 e. The summed E-state index contributed by atoms with van der Waals surface area (Å²) in [5.41, 5.74) is -1.11. The van der Waals surface area contributed by atoms with E-state index in [1.807, 2.05) is 0 Å². The molecular formula is C14H17F3N2O2. The molecule has 0 atom stereocenters. The second kappa shape index (κ2) is 6.34. The smallest absolute Gasteiger partial charge is 0.416 e. The maximum absolute atomic E-state index is 12.6. The third-order valence-corrected chi connectivity index (χ3v) is 3.53. The van der Waals surface area contributed by atoms with Gasteiger partial charge in [0.15, 0.2) is 0 Å². The van der Waals surface area contributed by atoms with Crippen LogP contribution in [0.15, 0.2) is 18.2 Å². The Balaban J connectivity index is 2.02. The van der Waals surface area contributed by atoms with Gasteiger partial charge in [-0.3, -0.25) is 4.79 Å². The van der Waals surface area contributed by atoms with Crippen LogP contribution in [0.2, 0.25) is 0 Å². The number of hydrogen-bond donors (Lipinski definition) is 3. The zero-order valence-corrected chi connectivity index (χ0v) is 11.3. The predicted molar refractivity (Wildman–Crippen MR) is 71.9 cm³/mol. The van der Waals surface area contributed by atoms with Crippen LogP contribution < -0.4 is 10.6 Å². The molecule has 1 aromatic carbocycles. The molecule has 1 aliphatic rings. The van der Waals surface area contributed by atoms with Crippen LogP contribution in [0.4, 0.5) is 18.9 Å². The van der Waals surface area contributed by atoms with Crippen molar-refractivity contribution < 1.29 is 23.1 Å². The van der Waals surface area contributed by atoms with Crippen LogP contribution in [0.3, 0.4) is 0 Å². The van der Waals surface area contributed by atoms with Crippen molar-refractivity contribution in [3.8, 4) is 5.75 Å². The first kappa shape index (κ1) is 15.6. The summed E-state index contributed by atoms with van der Waals surface area (Å²) < 4.78 is 37.8. The third kappa shape index (κ3) is 4.35. The Labute approximate surface area is 120 Å². The van der Waals surface area contributed by atoms with E-state index < -0.39 is 11.7 Å². The molecule has 2 rings (SSSR count). The van der Waals surface area contributed by atoms with Gasteiger partial charge in [0.25, 0.3) is 0 Å². The minimum absolute atomic E-state index is 0.205. The zero-order valence-electron chi connectivity index (χ0n) is 11.3. The summed E-state index contributed by atoms with van der Waals surface area (Å²) in [7, 11) is 0. The average Bonchev–Trinajstić information content (AvgIpc) is 2.41. The highest BCUT2D eigenvalue weighted by Crippen LogP contribution is 2.34. The summed E-state index contributed by atoms with van der Waals surface area (Å²) >= 11 is 0. The number of anilines is 1. The Morgan fingerprint density at radius 2 is 2.00 bits per heavy atom. The van der Waals surface area contributed by atoms with E-state index >= 15 is 0 Å². The number of rotatable bonds is 3. The van der Waals surface area contributed by atoms with Gasteiger partial charge in [-0.2, -0.15) is 13.2 Å². The number of hydrogen-bond acceptors (Lipinski definition) is 3. The monoisotopic (exact) mass is 302 g/mol. The molecule has 0 spiro atoms. The Hall–Kier alpha value is -1.76. The van der Waals surface area contributed by atoms with Crippen LogP contribution in [0.5, 0.6) is 5.75 Å². The average molecular weight is 302 g/mol. The number of carbonyl (C=O) groups excluding carboxylic acids is 1. The number of benzene rings is 1. The SMILES string of the molecule is O=C(CC1CCNCC1)Nc1cc(C(F)(F)F)ccc1O. The number of carbonyl (C=O) groups is 1. The second-order valence-corrected chi connectivity index (χ2v) is 5.18. The van der Waals surface area contributed by atoms with E-state index in [0.29, 0.717) is 0 Å². The number of alkyl halides is 3. The van der Waals surface area contributed by atoms with Crippen molar-refractivity contribution in [2.24, 2.45) is 5.92 Å². The second-order valence-electron chi connectivity index (χ2n) is 5.18. The van der Waals surface area contributed by atoms with Gasteiger partial charge in [-0.15, -0.1) is 0 Å². The summed E-state index contributed by atoms with van der Waals surface area (Å²) in [6.45, 7) is 1.68. The van der Waals surface area contributed by atoms with Crippen molar-refractivity contribution in [2.75, 3.05) is 18.4 Å². The standard InChI is InChI=1S/C14H17F3N2O2/c15-14(16,17)10-1-2-12(20)11(8-10)19-13(21)7-9-3-5-18-6-4-9/h1-2,8-9,18,20H,3-7H2,(H,19,21). The van der Waals surface area contributed by atoms with E-state index in [1.165, 1.54) is 0 Å². The minimum atomic E-state index is -4.51. The van der Waals surface area contributed by atoms with Crippen molar-refractivity contribution in [1.82, 2.24) is 5.32 Å². The number of phenols is 1. The Bertz CT molecular complexity index is 511. The molecule has 0 saturated carbocycles. The van der Waals surface area contributed by atoms with E-state index in [4.69, 9.17) is 0 Å². The zero-order chi connectivity index (χ0) is 15.5. The van der Waals surface area contributed by atoms with Gasteiger partial charge in [0, 0.05) is 6.42 Å². The lowest BCUT2D eigenvalue weighted by molar-refractivity contribution is -0.137. The molecular weight excluding hydrogens is 285 g/mol. The van der Waals surface area contributed by atoms with E-state index in [1.54, 1.807) is 0 Å². The molecule has 1 fully saturated rings. The first-order chi connectivity index (χ1) is 9.86. The molecule has 0 unspecified atom stereocenters. The normalized spacial score (nSPS) is 16.7.